The van der Waals surface area contributed by atoms with Crippen molar-refractivity contribution in [1.82, 2.24) is 5.48 Å². The highest BCUT2D eigenvalue weighted by Gasteiger charge is 2.09. The summed E-state index contributed by atoms with van der Waals surface area (Å²) in [6.45, 7) is 2.09. The van der Waals surface area contributed by atoms with E-state index in [2.05, 4.69) is 5.48 Å². The van der Waals surface area contributed by atoms with Crippen LogP contribution in [0.15, 0.2) is 18.2 Å². The van der Waals surface area contributed by atoms with Crippen molar-refractivity contribution in [2.24, 2.45) is 5.73 Å². The van der Waals surface area contributed by atoms with E-state index in [1.165, 1.54) is 7.11 Å². The van der Waals surface area contributed by atoms with E-state index in [0.29, 0.717) is 5.56 Å². The molecule has 1 aromatic rings. The molecule has 4 nitrogen and oxygen atoms in total. The van der Waals surface area contributed by atoms with Crippen LogP contribution in [-0.4, -0.2) is 12.2 Å². The number of phenols is 1. The molecular formula is C11H15ClN2O2. The highest BCUT2D eigenvalue weighted by molar-refractivity contribution is 6.32. The average Bonchev–Trinajstić information content (AvgIpc) is 2.29. The molecular weight excluding hydrogens is 228 g/mol. The largest absolute Gasteiger partial charge is 0.506 e. The van der Waals surface area contributed by atoms with E-state index >= 15 is 0 Å². The van der Waals surface area contributed by atoms with Crippen molar-refractivity contribution in [3.05, 3.63) is 34.4 Å². The Hall–Kier alpha value is -1.23. The van der Waals surface area contributed by atoms with E-state index in [1.54, 1.807) is 12.1 Å². The molecule has 4 N–H and O–H groups in total. The van der Waals surface area contributed by atoms with Gasteiger partial charge in [0.1, 0.15) is 5.75 Å². The van der Waals surface area contributed by atoms with Gasteiger partial charge in [0.15, 0.2) is 0 Å². The lowest BCUT2D eigenvalue weighted by atomic mass is 10.1. The summed E-state index contributed by atoms with van der Waals surface area (Å²) >= 11 is 5.90. The molecule has 1 rings (SSSR count). The normalized spacial score (nSPS) is 11.6. The van der Waals surface area contributed by atoms with Crippen LogP contribution in [0, 0.1) is 0 Å². The molecule has 0 aliphatic carbocycles. The third kappa shape index (κ3) is 2.66. The first-order valence-corrected chi connectivity index (χ1v) is 5.19. The number of rotatable bonds is 4. The fraction of sp³-hybridized carbons (Fsp3) is 0.273. The predicted octanol–water partition coefficient (Wildman–Crippen LogP) is 2.02. The quantitative estimate of drug-likeness (QED) is 0.707. The van der Waals surface area contributed by atoms with Gasteiger partial charge in [0.05, 0.1) is 17.8 Å². The molecule has 0 saturated heterocycles. The van der Waals surface area contributed by atoms with Crippen LogP contribution in [0.1, 0.15) is 18.1 Å². The predicted molar refractivity (Wildman–Crippen MR) is 64.8 cm³/mol. The number of hydroxylamine groups is 1. The van der Waals surface area contributed by atoms with Crippen LogP contribution in [0.25, 0.3) is 5.70 Å². The number of phenolic OH excluding ortho intramolecular Hbond substituents is 1. The summed E-state index contributed by atoms with van der Waals surface area (Å²) in [5.41, 5.74) is 10.4. The van der Waals surface area contributed by atoms with Crippen LogP contribution < -0.4 is 11.2 Å². The van der Waals surface area contributed by atoms with Crippen molar-refractivity contribution in [1.29, 1.82) is 0 Å². The second-order valence-electron chi connectivity index (χ2n) is 3.18. The second-order valence-corrected chi connectivity index (χ2v) is 3.59. The lowest BCUT2D eigenvalue weighted by molar-refractivity contribution is 0.136. The molecule has 5 heteroatoms. The van der Waals surface area contributed by atoms with Crippen LogP contribution in [0.2, 0.25) is 5.02 Å². The molecule has 0 radical (unpaired) electrons. The molecule has 0 aromatic heterocycles. The molecule has 0 saturated carbocycles. The molecule has 0 fully saturated rings. The van der Waals surface area contributed by atoms with Crippen LogP contribution in [0.3, 0.4) is 0 Å². The van der Waals surface area contributed by atoms with Gasteiger partial charge in [0.2, 0.25) is 0 Å². The minimum atomic E-state index is 0.0285. The van der Waals surface area contributed by atoms with E-state index in [-0.39, 0.29) is 17.3 Å². The maximum absolute atomic E-state index is 9.62. The van der Waals surface area contributed by atoms with Crippen molar-refractivity contribution in [3.63, 3.8) is 0 Å². The van der Waals surface area contributed by atoms with E-state index in [1.807, 2.05) is 13.0 Å². The minimum absolute atomic E-state index is 0.0285. The van der Waals surface area contributed by atoms with Gasteiger partial charge in [-0.1, -0.05) is 17.7 Å². The third-order valence-corrected chi connectivity index (χ3v) is 2.46. The Morgan fingerprint density at radius 1 is 1.62 bits per heavy atom. The molecule has 16 heavy (non-hydrogen) atoms. The van der Waals surface area contributed by atoms with Gasteiger partial charge >= 0.3 is 0 Å². The van der Waals surface area contributed by atoms with Crippen molar-refractivity contribution in [2.45, 2.75) is 13.5 Å². The maximum atomic E-state index is 9.62. The lowest BCUT2D eigenvalue weighted by Gasteiger charge is -2.12. The summed E-state index contributed by atoms with van der Waals surface area (Å²) in [7, 11) is 1.52. The molecule has 0 aliphatic heterocycles. The summed E-state index contributed by atoms with van der Waals surface area (Å²) in [6, 6.07) is 3.42. The van der Waals surface area contributed by atoms with Crippen LogP contribution in [0.4, 0.5) is 0 Å². The van der Waals surface area contributed by atoms with E-state index in [0.717, 1.165) is 11.3 Å². The monoisotopic (exact) mass is 242 g/mol. The zero-order chi connectivity index (χ0) is 12.1. The van der Waals surface area contributed by atoms with E-state index < -0.39 is 0 Å². The number of hydrogen-bond acceptors (Lipinski definition) is 4. The van der Waals surface area contributed by atoms with Gasteiger partial charge in [-0.15, -0.1) is 0 Å². The van der Waals surface area contributed by atoms with Crippen LogP contribution >= 0.6 is 11.6 Å². The van der Waals surface area contributed by atoms with Crippen molar-refractivity contribution >= 4 is 17.3 Å². The van der Waals surface area contributed by atoms with Gasteiger partial charge in [0, 0.05) is 17.7 Å². The number of allylic oxidation sites excluding steroid dienone is 1. The summed E-state index contributed by atoms with van der Waals surface area (Å²) in [4.78, 5) is 4.84. The van der Waals surface area contributed by atoms with E-state index in [4.69, 9.17) is 22.2 Å². The first-order chi connectivity index (χ1) is 7.63. The SMILES string of the molecule is CC=C(NOC)c1cc(Cl)c(O)c(CN)c1. The standard InChI is InChI=1S/C11H15ClN2O2/c1-3-10(14-16-2)7-4-8(6-13)11(15)9(12)5-7/h3-5,14-15H,6,13H2,1-2H3. The Morgan fingerprint density at radius 3 is 2.81 bits per heavy atom. The molecule has 0 bridgehead atoms. The first kappa shape index (κ1) is 12.8. The second kappa shape index (κ2) is 5.75. The Balaban J connectivity index is 3.19. The van der Waals surface area contributed by atoms with Crippen LogP contribution in [-0.2, 0) is 11.4 Å². The molecule has 0 aliphatic rings. The average molecular weight is 243 g/mol. The van der Waals surface area contributed by atoms with Gasteiger partial charge in [-0.3, -0.25) is 10.3 Å². The highest BCUT2D eigenvalue weighted by atomic mass is 35.5. The number of hydrogen-bond donors (Lipinski definition) is 3. The lowest BCUT2D eigenvalue weighted by Crippen LogP contribution is -2.10. The van der Waals surface area contributed by atoms with Gasteiger partial charge in [0.25, 0.3) is 0 Å². The number of aromatic hydroxyl groups is 1. The Morgan fingerprint density at radius 2 is 2.31 bits per heavy atom. The Labute approximate surface area is 99.6 Å². The number of nitrogens with two attached hydrogens (primary N) is 1. The highest BCUT2D eigenvalue weighted by Crippen LogP contribution is 2.30. The third-order valence-electron chi connectivity index (χ3n) is 2.17. The topological polar surface area (TPSA) is 67.5 Å². The molecule has 1 aromatic carbocycles. The molecule has 0 heterocycles. The summed E-state index contributed by atoms with van der Waals surface area (Å²) in [6.07, 6.45) is 1.84. The Kier molecular flexibility index (Phi) is 4.61. The fourth-order valence-electron chi connectivity index (χ4n) is 1.36. The van der Waals surface area contributed by atoms with Crippen molar-refractivity contribution in [3.8, 4) is 5.75 Å². The first-order valence-electron chi connectivity index (χ1n) is 4.81. The van der Waals surface area contributed by atoms with Crippen LogP contribution in [0.5, 0.6) is 5.75 Å². The van der Waals surface area contributed by atoms with Gasteiger partial charge in [-0.2, -0.15) is 0 Å². The molecule has 0 atom stereocenters. The number of nitrogens with one attached hydrogen (secondary N) is 1. The summed E-state index contributed by atoms with van der Waals surface area (Å²) in [5, 5.41) is 9.90. The molecule has 0 spiro atoms. The van der Waals surface area contributed by atoms with Crippen molar-refractivity contribution in [2.75, 3.05) is 7.11 Å². The fourth-order valence-corrected chi connectivity index (χ4v) is 1.60. The molecule has 88 valence electrons. The zero-order valence-corrected chi connectivity index (χ0v) is 10.0. The molecule has 0 amide bonds. The maximum Gasteiger partial charge on any atom is 0.138 e. The summed E-state index contributed by atoms with van der Waals surface area (Å²) in [5.74, 6) is 0.0285. The van der Waals surface area contributed by atoms with E-state index in [9.17, 15) is 5.11 Å². The van der Waals surface area contributed by atoms with Gasteiger partial charge in [-0.05, 0) is 19.1 Å². The summed E-state index contributed by atoms with van der Waals surface area (Å²) < 4.78 is 0. The number of halogens is 1. The minimum Gasteiger partial charge on any atom is -0.506 e. The van der Waals surface area contributed by atoms with Gasteiger partial charge < -0.3 is 10.8 Å². The Bertz CT molecular complexity index is 405. The zero-order valence-electron chi connectivity index (χ0n) is 9.25. The molecule has 0 unspecified atom stereocenters. The number of benzene rings is 1. The smallest absolute Gasteiger partial charge is 0.138 e. The van der Waals surface area contributed by atoms with Gasteiger partial charge in [-0.25, -0.2) is 0 Å². The van der Waals surface area contributed by atoms with Crippen molar-refractivity contribution < 1.29 is 9.94 Å².